The van der Waals surface area contributed by atoms with Crippen molar-refractivity contribution in [3.8, 4) is 0 Å². The van der Waals surface area contributed by atoms with Crippen LogP contribution in [0.4, 0.5) is 0 Å². The van der Waals surface area contributed by atoms with E-state index in [2.05, 4.69) is 21.2 Å². The van der Waals surface area contributed by atoms with Gasteiger partial charge in [-0.15, -0.1) is 11.8 Å². The Hall–Kier alpha value is -0.520. The predicted molar refractivity (Wildman–Crippen MR) is 65.3 cm³/mol. The molecule has 1 aromatic rings. The Morgan fingerprint density at radius 1 is 1.67 bits per heavy atom. The molecule has 0 saturated heterocycles. The SMILES string of the molecule is CNC(CSc1cccc(Br)c1)C(=O)O. The fourth-order valence-electron chi connectivity index (χ4n) is 1.01. The molecule has 3 nitrogen and oxygen atoms in total. The molecule has 0 saturated carbocycles. The number of nitrogens with one attached hydrogen (secondary N) is 1. The van der Waals surface area contributed by atoms with E-state index in [1.165, 1.54) is 11.8 Å². The third-order valence-corrected chi connectivity index (χ3v) is 3.44. The number of carboxylic acids is 1. The molecule has 0 aliphatic carbocycles. The van der Waals surface area contributed by atoms with Gasteiger partial charge in [-0.3, -0.25) is 4.79 Å². The summed E-state index contributed by atoms with van der Waals surface area (Å²) < 4.78 is 1.00. The van der Waals surface area contributed by atoms with Crippen LogP contribution in [0.3, 0.4) is 0 Å². The quantitative estimate of drug-likeness (QED) is 0.816. The maximum absolute atomic E-state index is 10.7. The zero-order valence-corrected chi connectivity index (χ0v) is 10.6. The summed E-state index contributed by atoms with van der Waals surface area (Å²) in [5.74, 6) is -0.303. The van der Waals surface area contributed by atoms with Gasteiger partial charge in [0.1, 0.15) is 6.04 Å². The van der Waals surface area contributed by atoms with Crippen molar-refractivity contribution in [2.24, 2.45) is 0 Å². The third kappa shape index (κ3) is 4.24. The van der Waals surface area contributed by atoms with E-state index in [0.717, 1.165) is 9.37 Å². The van der Waals surface area contributed by atoms with E-state index in [1.54, 1.807) is 7.05 Å². The van der Waals surface area contributed by atoms with Crippen LogP contribution in [0.2, 0.25) is 0 Å². The van der Waals surface area contributed by atoms with Crippen LogP contribution in [-0.2, 0) is 4.79 Å². The van der Waals surface area contributed by atoms with Crippen LogP contribution in [0.25, 0.3) is 0 Å². The fraction of sp³-hybridized carbons (Fsp3) is 0.300. The van der Waals surface area contributed by atoms with Crippen LogP contribution in [0, 0.1) is 0 Å². The van der Waals surface area contributed by atoms with E-state index in [-0.39, 0.29) is 0 Å². The Labute approximate surface area is 101 Å². The molecule has 0 amide bonds. The van der Waals surface area contributed by atoms with Gasteiger partial charge in [-0.05, 0) is 25.2 Å². The van der Waals surface area contributed by atoms with Crippen molar-refractivity contribution < 1.29 is 9.90 Å². The largest absolute Gasteiger partial charge is 0.480 e. The summed E-state index contributed by atoms with van der Waals surface area (Å²) in [7, 11) is 1.65. The molecule has 0 aromatic heterocycles. The van der Waals surface area contributed by atoms with Gasteiger partial charge in [-0.25, -0.2) is 0 Å². The minimum atomic E-state index is -0.819. The Morgan fingerprint density at radius 3 is 2.93 bits per heavy atom. The normalized spacial score (nSPS) is 12.4. The summed E-state index contributed by atoms with van der Waals surface area (Å²) in [6, 6.07) is 7.30. The number of carbonyl (C=O) groups is 1. The first-order valence-corrected chi connectivity index (χ1v) is 6.20. The van der Waals surface area contributed by atoms with Crippen LogP contribution < -0.4 is 5.32 Å². The van der Waals surface area contributed by atoms with E-state index in [0.29, 0.717) is 5.75 Å². The summed E-state index contributed by atoms with van der Waals surface area (Å²) in [4.78, 5) is 11.8. The van der Waals surface area contributed by atoms with Gasteiger partial charge in [0.25, 0.3) is 0 Å². The summed E-state index contributed by atoms with van der Waals surface area (Å²) in [6.07, 6.45) is 0. The number of halogens is 1. The molecule has 2 N–H and O–H groups in total. The topological polar surface area (TPSA) is 49.3 Å². The number of rotatable bonds is 5. The lowest BCUT2D eigenvalue weighted by atomic mass is 10.3. The van der Waals surface area contributed by atoms with Crippen LogP contribution >= 0.6 is 27.7 Å². The Bertz CT molecular complexity index is 346. The van der Waals surface area contributed by atoms with Gasteiger partial charge in [-0.1, -0.05) is 22.0 Å². The first kappa shape index (κ1) is 12.5. The van der Waals surface area contributed by atoms with Crippen molar-refractivity contribution >= 4 is 33.7 Å². The van der Waals surface area contributed by atoms with Crippen LogP contribution in [-0.4, -0.2) is 29.9 Å². The lowest BCUT2D eigenvalue weighted by Crippen LogP contribution is -2.35. The van der Waals surface area contributed by atoms with Crippen molar-refractivity contribution in [2.75, 3.05) is 12.8 Å². The first-order valence-electron chi connectivity index (χ1n) is 4.42. The number of hydrogen-bond donors (Lipinski definition) is 2. The van der Waals surface area contributed by atoms with E-state index in [4.69, 9.17) is 5.11 Å². The molecule has 15 heavy (non-hydrogen) atoms. The van der Waals surface area contributed by atoms with E-state index < -0.39 is 12.0 Å². The summed E-state index contributed by atoms with van der Waals surface area (Å²) in [5, 5.41) is 11.6. The number of carboxylic acid groups (broad SMARTS) is 1. The molecule has 0 aliphatic rings. The Kier molecular flexibility index (Phi) is 5.14. The standard InChI is InChI=1S/C10H12BrNO2S/c1-12-9(10(13)14)6-15-8-4-2-3-7(11)5-8/h2-5,9,12H,6H2,1H3,(H,13,14). The summed E-state index contributed by atoms with van der Waals surface area (Å²) in [6.45, 7) is 0. The fourth-order valence-corrected chi connectivity index (χ4v) is 2.62. The minimum Gasteiger partial charge on any atom is -0.480 e. The molecule has 82 valence electrons. The molecule has 0 spiro atoms. The molecule has 0 heterocycles. The van der Waals surface area contributed by atoms with E-state index >= 15 is 0 Å². The maximum Gasteiger partial charge on any atom is 0.321 e. The number of benzene rings is 1. The lowest BCUT2D eigenvalue weighted by Gasteiger charge is -2.10. The first-order chi connectivity index (χ1) is 7.13. The summed E-state index contributed by atoms with van der Waals surface area (Å²) >= 11 is 4.89. The van der Waals surface area contributed by atoms with Crippen molar-refractivity contribution in [1.29, 1.82) is 0 Å². The molecule has 0 fully saturated rings. The van der Waals surface area contributed by atoms with Crippen molar-refractivity contribution in [1.82, 2.24) is 5.32 Å². The zero-order chi connectivity index (χ0) is 11.3. The molecule has 1 atom stereocenters. The minimum absolute atomic E-state index is 0.506. The molecule has 1 unspecified atom stereocenters. The van der Waals surface area contributed by atoms with Gasteiger partial charge in [0, 0.05) is 15.1 Å². The molecule has 5 heteroatoms. The molecule has 1 rings (SSSR count). The molecule has 0 radical (unpaired) electrons. The molecule has 1 aromatic carbocycles. The highest BCUT2D eigenvalue weighted by Crippen LogP contribution is 2.22. The molecular weight excluding hydrogens is 278 g/mol. The van der Waals surface area contributed by atoms with Gasteiger partial charge < -0.3 is 10.4 Å². The van der Waals surface area contributed by atoms with Crippen LogP contribution in [0.5, 0.6) is 0 Å². The van der Waals surface area contributed by atoms with Gasteiger partial charge in [0.2, 0.25) is 0 Å². The highest BCUT2D eigenvalue weighted by Gasteiger charge is 2.14. The second-order valence-electron chi connectivity index (χ2n) is 2.95. The zero-order valence-electron chi connectivity index (χ0n) is 8.24. The van der Waals surface area contributed by atoms with E-state index in [9.17, 15) is 4.79 Å². The van der Waals surface area contributed by atoms with Gasteiger partial charge in [0.05, 0.1) is 0 Å². The van der Waals surface area contributed by atoms with Crippen LogP contribution in [0.1, 0.15) is 0 Å². The lowest BCUT2D eigenvalue weighted by molar-refractivity contribution is -0.138. The Balaban J connectivity index is 2.52. The average Bonchev–Trinajstić information content (AvgIpc) is 2.18. The number of aliphatic carboxylic acids is 1. The predicted octanol–water partition coefficient (Wildman–Crippen LogP) is 2.21. The number of thioether (sulfide) groups is 1. The third-order valence-electron chi connectivity index (χ3n) is 1.86. The monoisotopic (exact) mass is 289 g/mol. The van der Waals surface area contributed by atoms with Gasteiger partial charge >= 0.3 is 5.97 Å². The smallest absolute Gasteiger partial charge is 0.321 e. The van der Waals surface area contributed by atoms with Crippen molar-refractivity contribution in [3.63, 3.8) is 0 Å². The van der Waals surface area contributed by atoms with Gasteiger partial charge in [0.15, 0.2) is 0 Å². The van der Waals surface area contributed by atoms with E-state index in [1.807, 2.05) is 24.3 Å². The Morgan fingerprint density at radius 2 is 2.40 bits per heavy atom. The summed E-state index contributed by atoms with van der Waals surface area (Å²) in [5.41, 5.74) is 0. The second kappa shape index (κ2) is 6.15. The average molecular weight is 290 g/mol. The highest BCUT2D eigenvalue weighted by atomic mass is 79.9. The van der Waals surface area contributed by atoms with Crippen molar-refractivity contribution in [2.45, 2.75) is 10.9 Å². The van der Waals surface area contributed by atoms with Crippen LogP contribution in [0.15, 0.2) is 33.6 Å². The number of hydrogen-bond acceptors (Lipinski definition) is 3. The molecule has 0 bridgehead atoms. The molecular formula is C10H12BrNO2S. The molecule has 0 aliphatic heterocycles. The number of likely N-dealkylation sites (N-methyl/N-ethyl adjacent to an activating group) is 1. The van der Waals surface area contributed by atoms with Gasteiger partial charge in [-0.2, -0.15) is 0 Å². The maximum atomic E-state index is 10.7. The second-order valence-corrected chi connectivity index (χ2v) is 4.96. The van der Waals surface area contributed by atoms with Crippen molar-refractivity contribution in [3.05, 3.63) is 28.7 Å². The highest BCUT2D eigenvalue weighted by molar-refractivity contribution is 9.10.